The smallest absolute Gasteiger partial charge is 0.118 e. The first-order valence-electron chi connectivity index (χ1n) is 7.24. The van der Waals surface area contributed by atoms with E-state index < -0.39 is 0 Å². The summed E-state index contributed by atoms with van der Waals surface area (Å²) in [6.07, 6.45) is 2.16. The van der Waals surface area contributed by atoms with Crippen molar-refractivity contribution in [2.75, 3.05) is 12.4 Å². The van der Waals surface area contributed by atoms with Gasteiger partial charge in [-0.1, -0.05) is 28.1 Å². The van der Waals surface area contributed by atoms with Crippen molar-refractivity contribution in [1.29, 1.82) is 0 Å². The highest BCUT2D eigenvalue weighted by atomic mass is 79.9. The molecule has 0 aromatic heterocycles. The molecular formula is C18H22BrNO. The number of ether oxygens (including phenoxy) is 1. The lowest BCUT2D eigenvalue weighted by Crippen LogP contribution is -2.16. The normalized spacial score (nSPS) is 12.0. The molecule has 2 rings (SSSR count). The molecule has 112 valence electrons. The number of benzene rings is 2. The quantitative estimate of drug-likeness (QED) is 0.775. The van der Waals surface area contributed by atoms with E-state index in [-0.39, 0.29) is 0 Å². The SMILES string of the molecule is COc1ccc(CCC(C)Nc2ccc(Br)c(C)c2)cc1. The van der Waals surface area contributed by atoms with Gasteiger partial charge in [0.1, 0.15) is 5.75 Å². The molecule has 0 radical (unpaired) electrons. The van der Waals surface area contributed by atoms with Crippen LogP contribution in [0.15, 0.2) is 46.9 Å². The number of anilines is 1. The van der Waals surface area contributed by atoms with Gasteiger partial charge in [0.25, 0.3) is 0 Å². The summed E-state index contributed by atoms with van der Waals surface area (Å²) >= 11 is 3.53. The summed E-state index contributed by atoms with van der Waals surface area (Å²) in [4.78, 5) is 0. The zero-order chi connectivity index (χ0) is 15.2. The molecule has 0 bridgehead atoms. The Morgan fingerprint density at radius 3 is 2.48 bits per heavy atom. The van der Waals surface area contributed by atoms with E-state index in [1.165, 1.54) is 16.8 Å². The molecule has 0 saturated carbocycles. The molecule has 0 fully saturated rings. The molecule has 0 aliphatic carbocycles. The molecular weight excluding hydrogens is 326 g/mol. The van der Waals surface area contributed by atoms with Crippen LogP contribution in [-0.4, -0.2) is 13.2 Å². The van der Waals surface area contributed by atoms with Crippen molar-refractivity contribution >= 4 is 21.6 Å². The lowest BCUT2D eigenvalue weighted by Gasteiger charge is -2.16. The highest BCUT2D eigenvalue weighted by molar-refractivity contribution is 9.10. The zero-order valence-electron chi connectivity index (χ0n) is 12.8. The van der Waals surface area contributed by atoms with Crippen LogP contribution >= 0.6 is 15.9 Å². The molecule has 2 aromatic rings. The van der Waals surface area contributed by atoms with Crippen LogP contribution < -0.4 is 10.1 Å². The fourth-order valence-corrected chi connectivity index (χ4v) is 2.51. The van der Waals surface area contributed by atoms with Crippen molar-refractivity contribution in [2.45, 2.75) is 32.7 Å². The van der Waals surface area contributed by atoms with Gasteiger partial charge in [-0.05, 0) is 68.1 Å². The van der Waals surface area contributed by atoms with Crippen LogP contribution in [0.5, 0.6) is 5.75 Å². The number of halogens is 1. The molecule has 0 saturated heterocycles. The Morgan fingerprint density at radius 2 is 1.86 bits per heavy atom. The minimum absolute atomic E-state index is 0.438. The largest absolute Gasteiger partial charge is 0.497 e. The fraction of sp³-hybridized carbons (Fsp3) is 0.333. The molecule has 0 amide bonds. The summed E-state index contributed by atoms with van der Waals surface area (Å²) < 4.78 is 6.33. The summed E-state index contributed by atoms with van der Waals surface area (Å²) in [7, 11) is 1.70. The minimum Gasteiger partial charge on any atom is -0.497 e. The maximum absolute atomic E-state index is 5.18. The standard InChI is InChI=1S/C18H22BrNO/c1-13-12-16(8-11-18(13)19)20-14(2)4-5-15-6-9-17(21-3)10-7-15/h6-12,14,20H,4-5H2,1-3H3. The van der Waals surface area contributed by atoms with Crippen LogP contribution in [0.3, 0.4) is 0 Å². The van der Waals surface area contributed by atoms with Gasteiger partial charge in [0, 0.05) is 16.2 Å². The lowest BCUT2D eigenvalue weighted by molar-refractivity contribution is 0.414. The van der Waals surface area contributed by atoms with Crippen LogP contribution in [0.1, 0.15) is 24.5 Å². The van der Waals surface area contributed by atoms with Gasteiger partial charge in [0.2, 0.25) is 0 Å². The predicted octanol–water partition coefficient (Wildman–Crippen LogP) is 5.20. The first kappa shape index (κ1) is 15.9. The van der Waals surface area contributed by atoms with E-state index in [4.69, 9.17) is 4.74 Å². The van der Waals surface area contributed by atoms with Crippen molar-refractivity contribution in [2.24, 2.45) is 0 Å². The molecule has 0 aliphatic rings. The molecule has 3 heteroatoms. The highest BCUT2D eigenvalue weighted by Gasteiger charge is 2.04. The predicted molar refractivity (Wildman–Crippen MR) is 93.3 cm³/mol. The molecule has 2 aromatic carbocycles. The van der Waals surface area contributed by atoms with Crippen LogP contribution in [0, 0.1) is 6.92 Å². The Kier molecular flexibility index (Phi) is 5.68. The fourth-order valence-electron chi connectivity index (χ4n) is 2.27. The first-order valence-corrected chi connectivity index (χ1v) is 8.03. The van der Waals surface area contributed by atoms with E-state index in [0.29, 0.717) is 6.04 Å². The molecule has 1 N–H and O–H groups in total. The van der Waals surface area contributed by atoms with Crippen molar-refractivity contribution < 1.29 is 4.74 Å². The highest BCUT2D eigenvalue weighted by Crippen LogP contribution is 2.21. The monoisotopic (exact) mass is 347 g/mol. The van der Waals surface area contributed by atoms with E-state index in [1.54, 1.807) is 7.11 Å². The van der Waals surface area contributed by atoms with Gasteiger partial charge in [-0.15, -0.1) is 0 Å². The second-order valence-electron chi connectivity index (χ2n) is 5.40. The summed E-state index contributed by atoms with van der Waals surface area (Å²) in [5.74, 6) is 0.912. The third kappa shape index (κ3) is 4.78. The third-order valence-electron chi connectivity index (χ3n) is 3.60. The second kappa shape index (κ2) is 7.51. The number of aryl methyl sites for hydroxylation is 2. The Labute approximate surface area is 135 Å². The summed E-state index contributed by atoms with van der Waals surface area (Å²) in [6.45, 7) is 4.33. The maximum Gasteiger partial charge on any atom is 0.118 e. The van der Waals surface area contributed by atoms with Gasteiger partial charge < -0.3 is 10.1 Å². The number of nitrogens with one attached hydrogen (secondary N) is 1. The minimum atomic E-state index is 0.438. The van der Waals surface area contributed by atoms with Crippen LogP contribution in [-0.2, 0) is 6.42 Å². The molecule has 21 heavy (non-hydrogen) atoms. The van der Waals surface area contributed by atoms with E-state index in [1.807, 2.05) is 12.1 Å². The Balaban J connectivity index is 1.86. The molecule has 2 nitrogen and oxygen atoms in total. The molecule has 1 atom stereocenters. The van der Waals surface area contributed by atoms with Gasteiger partial charge in [-0.3, -0.25) is 0 Å². The Hall–Kier alpha value is -1.48. The van der Waals surface area contributed by atoms with Crippen molar-refractivity contribution in [1.82, 2.24) is 0 Å². The van der Waals surface area contributed by atoms with E-state index in [9.17, 15) is 0 Å². The van der Waals surface area contributed by atoms with Crippen LogP contribution in [0.25, 0.3) is 0 Å². The van der Waals surface area contributed by atoms with Gasteiger partial charge in [-0.25, -0.2) is 0 Å². The average Bonchev–Trinajstić information content (AvgIpc) is 2.49. The van der Waals surface area contributed by atoms with Crippen molar-refractivity contribution in [3.05, 3.63) is 58.1 Å². The van der Waals surface area contributed by atoms with Crippen molar-refractivity contribution in [3.8, 4) is 5.75 Å². The maximum atomic E-state index is 5.18. The van der Waals surface area contributed by atoms with Gasteiger partial charge in [-0.2, -0.15) is 0 Å². The second-order valence-corrected chi connectivity index (χ2v) is 6.25. The van der Waals surface area contributed by atoms with Crippen LogP contribution in [0.4, 0.5) is 5.69 Å². The average molecular weight is 348 g/mol. The topological polar surface area (TPSA) is 21.3 Å². The Bertz CT molecular complexity index is 580. The summed E-state index contributed by atoms with van der Waals surface area (Å²) in [5, 5.41) is 3.56. The van der Waals surface area contributed by atoms with E-state index in [2.05, 4.69) is 65.4 Å². The summed E-state index contributed by atoms with van der Waals surface area (Å²) in [6, 6.07) is 15.1. The van der Waals surface area contributed by atoms with Gasteiger partial charge >= 0.3 is 0 Å². The molecule has 0 heterocycles. The van der Waals surface area contributed by atoms with E-state index in [0.717, 1.165) is 23.1 Å². The number of hydrogen-bond donors (Lipinski definition) is 1. The number of rotatable bonds is 6. The van der Waals surface area contributed by atoms with Crippen molar-refractivity contribution in [3.63, 3.8) is 0 Å². The van der Waals surface area contributed by atoms with Crippen LogP contribution in [0.2, 0.25) is 0 Å². The molecule has 1 unspecified atom stereocenters. The summed E-state index contributed by atoms with van der Waals surface area (Å²) in [5.41, 5.74) is 3.77. The number of methoxy groups -OCH3 is 1. The molecule has 0 aliphatic heterocycles. The lowest BCUT2D eigenvalue weighted by atomic mass is 10.1. The third-order valence-corrected chi connectivity index (χ3v) is 4.49. The first-order chi connectivity index (χ1) is 10.1. The van der Waals surface area contributed by atoms with Gasteiger partial charge in [0.05, 0.1) is 7.11 Å². The Morgan fingerprint density at radius 1 is 1.14 bits per heavy atom. The van der Waals surface area contributed by atoms with E-state index >= 15 is 0 Å². The zero-order valence-corrected chi connectivity index (χ0v) is 14.4. The molecule has 0 spiro atoms. The van der Waals surface area contributed by atoms with Gasteiger partial charge in [0.15, 0.2) is 0 Å². The number of hydrogen-bond acceptors (Lipinski definition) is 2.